The number of fused-ring (bicyclic) bond motifs is 2. The van der Waals surface area contributed by atoms with E-state index < -0.39 is 12.1 Å². The van der Waals surface area contributed by atoms with Crippen molar-refractivity contribution in [1.29, 1.82) is 5.26 Å². The molecule has 63 heavy (non-hydrogen) atoms. The Morgan fingerprint density at radius 2 is 1.16 bits per heavy atom. The standard InChI is InChI=1S/C27H26N4O.C26H18N4O/c1-30(2)26-24(21-16-10-5-11-17-21)29-23(20-14-8-4-9-15-20)25-28-22(27(32)31(25)26)18-19-12-6-3-7-13-19;27-17-22-23(19-12-6-2-7-13-19)29-24(20-14-8-3-9-15-20)25-28-21(26(31)30(22)25)16-18-10-4-1-5-11-18/h3-17,22-23,26H,18H2,1-2H3;1-15,21H,16H2/p+2. The molecule has 1 aromatic heterocycles. The SMILES string of the molecule is CN(C)C1C(c2ccccc2)=[NH+]C(c2ccccc2)C2=NC(Cc3ccccc3)C(=O)N21.N#Cc1c(-c2ccccc2)nc(-c2ccccc2)c2[n+]1C(=O)C(Cc1ccccc1)N2. The molecule has 0 spiro atoms. The fourth-order valence-electron chi connectivity index (χ4n) is 8.58. The van der Waals surface area contributed by atoms with Crippen LogP contribution in [0.3, 0.4) is 0 Å². The molecule has 10 nitrogen and oxygen atoms in total. The zero-order valence-electron chi connectivity index (χ0n) is 35.0. The fourth-order valence-corrected chi connectivity index (χ4v) is 8.58. The molecule has 4 unspecified atom stereocenters. The summed E-state index contributed by atoms with van der Waals surface area (Å²) in [7, 11) is 4.01. The first-order chi connectivity index (χ1) is 30.9. The lowest BCUT2D eigenvalue weighted by Gasteiger charge is -2.36. The number of hydrogen-bond donors (Lipinski definition) is 2. The van der Waals surface area contributed by atoms with Gasteiger partial charge < -0.3 is 0 Å². The number of carbonyl (C=O) groups excluding carboxylic acids is 2. The Balaban J connectivity index is 0.000000160. The van der Waals surface area contributed by atoms with Crippen molar-refractivity contribution in [2.75, 3.05) is 19.4 Å². The molecular weight excluding hydrogens is 781 g/mol. The van der Waals surface area contributed by atoms with Crippen molar-refractivity contribution in [2.45, 2.75) is 37.1 Å². The highest BCUT2D eigenvalue weighted by Gasteiger charge is 2.51. The number of likely N-dealkylation sites (N-methyl/N-ethyl adjacent to an activating group) is 1. The highest BCUT2D eigenvalue weighted by Crippen LogP contribution is 2.33. The quantitative estimate of drug-likeness (QED) is 0.165. The number of rotatable bonds is 9. The number of aromatic nitrogens is 2. The average Bonchev–Trinajstić information content (AvgIpc) is 3.84. The van der Waals surface area contributed by atoms with Gasteiger partial charge in [0.15, 0.2) is 23.7 Å². The van der Waals surface area contributed by atoms with Crippen LogP contribution in [0.25, 0.3) is 22.5 Å². The lowest BCUT2D eigenvalue weighted by molar-refractivity contribution is -0.554. The molecule has 10 rings (SSSR count). The first kappa shape index (κ1) is 40.5. The normalized spacial score (nSPS) is 18.6. The van der Waals surface area contributed by atoms with Crippen molar-refractivity contribution in [2.24, 2.45) is 4.99 Å². The topological polar surface area (TPSA) is 120 Å². The molecule has 3 aliphatic heterocycles. The molecule has 10 heteroatoms. The van der Waals surface area contributed by atoms with Gasteiger partial charge in [0, 0.05) is 35.1 Å². The van der Waals surface area contributed by atoms with Crippen LogP contribution in [-0.2, 0) is 17.6 Å². The maximum Gasteiger partial charge on any atom is 0.360 e. The van der Waals surface area contributed by atoms with Crippen LogP contribution in [0.5, 0.6) is 0 Å². The number of benzene rings is 6. The van der Waals surface area contributed by atoms with Crippen molar-refractivity contribution in [3.8, 4) is 28.6 Å². The summed E-state index contributed by atoms with van der Waals surface area (Å²) in [4.78, 5) is 44.8. The second kappa shape index (κ2) is 18.0. The van der Waals surface area contributed by atoms with Crippen molar-refractivity contribution in [3.05, 3.63) is 210 Å². The van der Waals surface area contributed by atoms with Crippen molar-refractivity contribution in [3.63, 3.8) is 0 Å². The van der Waals surface area contributed by atoms with Gasteiger partial charge in [-0.2, -0.15) is 5.26 Å². The van der Waals surface area contributed by atoms with Crippen LogP contribution in [0.2, 0.25) is 0 Å². The molecule has 0 saturated carbocycles. The number of nitrogens with zero attached hydrogens (tertiary/aromatic N) is 6. The van der Waals surface area contributed by atoms with Crippen LogP contribution in [0, 0.1) is 11.3 Å². The largest absolute Gasteiger partial charge is 0.360 e. The van der Waals surface area contributed by atoms with Gasteiger partial charge in [0.05, 0.1) is 0 Å². The molecule has 0 saturated heterocycles. The Hall–Kier alpha value is -7.87. The molecule has 2 N–H and O–H groups in total. The van der Waals surface area contributed by atoms with Gasteiger partial charge in [-0.05, 0) is 37.4 Å². The fraction of sp³-hybridized carbons (Fsp3) is 0.151. The number of hydrogen-bond acceptors (Lipinski definition) is 7. The van der Waals surface area contributed by atoms with Gasteiger partial charge >= 0.3 is 11.7 Å². The van der Waals surface area contributed by atoms with Crippen molar-refractivity contribution in [1.82, 2.24) is 14.8 Å². The van der Waals surface area contributed by atoms with E-state index in [1.807, 2.05) is 165 Å². The van der Waals surface area contributed by atoms with Crippen LogP contribution >= 0.6 is 0 Å². The number of amidine groups is 1. The first-order valence-electron chi connectivity index (χ1n) is 21.1. The van der Waals surface area contributed by atoms with E-state index in [9.17, 15) is 14.9 Å². The number of amides is 1. The highest BCUT2D eigenvalue weighted by molar-refractivity contribution is 6.15. The molecule has 0 fully saturated rings. The minimum atomic E-state index is -0.468. The summed E-state index contributed by atoms with van der Waals surface area (Å²) in [6, 6.07) is 60.9. The molecule has 0 aliphatic carbocycles. The zero-order chi connectivity index (χ0) is 43.3. The third kappa shape index (κ3) is 8.18. The van der Waals surface area contributed by atoms with E-state index in [-0.39, 0.29) is 29.7 Å². The summed E-state index contributed by atoms with van der Waals surface area (Å²) in [5.41, 5.74) is 8.43. The molecule has 4 heterocycles. The molecular formula is C53H46N8O2+2. The minimum absolute atomic E-state index is 0.0541. The smallest absolute Gasteiger partial charge is 0.280 e. The van der Waals surface area contributed by atoms with Crippen molar-refractivity contribution >= 4 is 29.2 Å². The first-order valence-corrected chi connectivity index (χ1v) is 21.1. The van der Waals surface area contributed by atoms with Gasteiger partial charge in [-0.1, -0.05) is 170 Å². The van der Waals surface area contributed by atoms with E-state index in [0.717, 1.165) is 44.9 Å². The number of nitrogens with one attached hydrogen (secondary N) is 2. The minimum Gasteiger partial charge on any atom is -0.280 e. The van der Waals surface area contributed by atoms with E-state index in [1.165, 1.54) is 4.57 Å². The predicted molar refractivity (Wildman–Crippen MR) is 245 cm³/mol. The van der Waals surface area contributed by atoms with Gasteiger partial charge in [-0.25, -0.2) is 14.8 Å². The van der Waals surface area contributed by atoms with E-state index in [0.29, 0.717) is 30.0 Å². The second-order valence-corrected chi connectivity index (χ2v) is 15.9. The summed E-state index contributed by atoms with van der Waals surface area (Å²) in [6.45, 7) is 0. The van der Waals surface area contributed by atoms with Gasteiger partial charge in [-0.15, -0.1) is 4.57 Å². The lowest BCUT2D eigenvalue weighted by Crippen LogP contribution is -2.86. The number of nitriles is 1. The van der Waals surface area contributed by atoms with E-state index in [4.69, 9.17) is 9.98 Å². The molecule has 308 valence electrons. The van der Waals surface area contributed by atoms with Gasteiger partial charge in [0.25, 0.3) is 5.91 Å². The van der Waals surface area contributed by atoms with Crippen LogP contribution in [0.4, 0.5) is 5.82 Å². The van der Waals surface area contributed by atoms with Crippen LogP contribution in [0.15, 0.2) is 187 Å². The molecule has 1 amide bonds. The summed E-state index contributed by atoms with van der Waals surface area (Å²) in [5, 5.41) is 13.4. The highest BCUT2D eigenvalue weighted by atomic mass is 16.2. The number of aliphatic imine (C=N–C) groups is 1. The Bertz CT molecular complexity index is 2850. The van der Waals surface area contributed by atoms with Crippen molar-refractivity contribution < 1.29 is 19.1 Å². The van der Waals surface area contributed by atoms with E-state index >= 15 is 0 Å². The monoisotopic (exact) mass is 826 g/mol. The van der Waals surface area contributed by atoms with Gasteiger partial charge in [0.1, 0.15) is 17.8 Å². The van der Waals surface area contributed by atoms with Crippen LogP contribution < -0.4 is 14.9 Å². The third-order valence-electron chi connectivity index (χ3n) is 11.5. The second-order valence-electron chi connectivity index (χ2n) is 15.9. The summed E-state index contributed by atoms with van der Waals surface area (Å²) in [6.07, 6.45) is 0.882. The van der Waals surface area contributed by atoms with E-state index in [1.54, 1.807) is 0 Å². The Morgan fingerprint density at radius 3 is 1.70 bits per heavy atom. The van der Waals surface area contributed by atoms with Gasteiger partial charge in [-0.3, -0.25) is 24.9 Å². The molecule has 4 atom stereocenters. The molecule has 3 aliphatic rings. The predicted octanol–water partition coefficient (Wildman–Crippen LogP) is 6.30. The molecule has 6 aromatic carbocycles. The number of anilines is 1. The van der Waals surface area contributed by atoms with Gasteiger partial charge in [0.2, 0.25) is 17.4 Å². The Morgan fingerprint density at radius 1 is 0.667 bits per heavy atom. The molecule has 0 radical (unpaired) electrons. The molecule has 0 bridgehead atoms. The Labute approximate surface area is 367 Å². The van der Waals surface area contributed by atoms with Crippen LogP contribution in [-0.4, -0.2) is 70.5 Å². The third-order valence-corrected chi connectivity index (χ3v) is 11.5. The molecule has 7 aromatic rings. The lowest BCUT2D eigenvalue weighted by atomic mass is 9.98. The maximum atomic E-state index is 13.8. The van der Waals surface area contributed by atoms with E-state index in [2.05, 4.69) is 57.7 Å². The Kier molecular flexibility index (Phi) is 11.6. The maximum absolute atomic E-state index is 13.8. The summed E-state index contributed by atoms with van der Waals surface area (Å²) < 4.78 is 1.51. The zero-order valence-corrected chi connectivity index (χ0v) is 35.0. The van der Waals surface area contributed by atoms with Crippen LogP contribution in [0.1, 0.15) is 38.8 Å². The number of carbonyl (C=O) groups is 2. The summed E-state index contributed by atoms with van der Waals surface area (Å²) >= 11 is 0. The average molecular weight is 827 g/mol. The summed E-state index contributed by atoms with van der Waals surface area (Å²) in [5.74, 6) is 1.26.